The molecule has 0 amide bonds. The van der Waals surface area contributed by atoms with E-state index < -0.39 is 0 Å². The molecule has 1 aliphatic carbocycles. The van der Waals surface area contributed by atoms with Crippen molar-refractivity contribution in [2.45, 2.75) is 57.8 Å². The van der Waals surface area contributed by atoms with E-state index in [2.05, 4.69) is 59.3 Å². The lowest BCUT2D eigenvalue weighted by atomic mass is 9.92. The van der Waals surface area contributed by atoms with Crippen LogP contribution in [-0.2, 0) is 13.1 Å². The van der Waals surface area contributed by atoms with E-state index >= 15 is 0 Å². The predicted molar refractivity (Wildman–Crippen MR) is 102 cm³/mol. The van der Waals surface area contributed by atoms with Gasteiger partial charge in [-0.05, 0) is 56.4 Å². The summed E-state index contributed by atoms with van der Waals surface area (Å²) in [5.74, 6) is 0. The van der Waals surface area contributed by atoms with Gasteiger partial charge in [0.15, 0.2) is 0 Å². The number of para-hydroxylation sites is 1. The van der Waals surface area contributed by atoms with E-state index in [4.69, 9.17) is 5.73 Å². The van der Waals surface area contributed by atoms with Gasteiger partial charge in [-0.1, -0.05) is 24.3 Å². The highest BCUT2D eigenvalue weighted by Crippen LogP contribution is 2.29. The molecule has 4 rings (SSSR count). The molecule has 126 valence electrons. The van der Waals surface area contributed by atoms with Crippen molar-refractivity contribution in [2.24, 2.45) is 5.73 Å². The third-order valence-corrected chi connectivity index (χ3v) is 5.52. The van der Waals surface area contributed by atoms with Crippen LogP contribution in [0.25, 0.3) is 21.8 Å². The number of fused-ring (bicyclic) bond motifs is 3. The van der Waals surface area contributed by atoms with Gasteiger partial charge in [0.05, 0.1) is 0 Å². The van der Waals surface area contributed by atoms with Gasteiger partial charge in [-0.15, -0.1) is 0 Å². The van der Waals surface area contributed by atoms with E-state index in [0.29, 0.717) is 12.1 Å². The van der Waals surface area contributed by atoms with E-state index in [-0.39, 0.29) is 0 Å². The van der Waals surface area contributed by atoms with Crippen molar-refractivity contribution in [3.05, 3.63) is 48.0 Å². The molecule has 1 aromatic heterocycles. The Morgan fingerprint density at radius 1 is 1.00 bits per heavy atom. The summed E-state index contributed by atoms with van der Waals surface area (Å²) in [5, 5.41) is 6.46. The van der Waals surface area contributed by atoms with Crippen molar-refractivity contribution < 1.29 is 0 Å². The smallest absolute Gasteiger partial charge is 0.0491 e. The number of nitrogens with two attached hydrogens (primary N) is 1. The van der Waals surface area contributed by atoms with Gasteiger partial charge in [0.1, 0.15) is 0 Å². The lowest BCUT2D eigenvalue weighted by molar-refractivity contribution is 0.342. The molecule has 1 heterocycles. The van der Waals surface area contributed by atoms with Crippen LogP contribution < -0.4 is 11.1 Å². The number of aromatic nitrogens is 1. The van der Waals surface area contributed by atoms with E-state index in [0.717, 1.165) is 25.9 Å². The topological polar surface area (TPSA) is 43.0 Å². The number of nitrogens with zero attached hydrogens (tertiary/aromatic N) is 1. The molecular formula is C21H27N3. The van der Waals surface area contributed by atoms with E-state index in [1.54, 1.807) is 0 Å². The second-order valence-corrected chi connectivity index (χ2v) is 7.11. The van der Waals surface area contributed by atoms with Crippen LogP contribution in [0.5, 0.6) is 0 Å². The Kier molecular flexibility index (Phi) is 4.30. The highest BCUT2D eigenvalue weighted by atomic mass is 15.0. The molecule has 3 heteroatoms. The molecule has 0 radical (unpaired) electrons. The fourth-order valence-electron chi connectivity index (χ4n) is 4.14. The van der Waals surface area contributed by atoms with Gasteiger partial charge < -0.3 is 15.6 Å². The Labute approximate surface area is 143 Å². The second kappa shape index (κ2) is 6.58. The molecule has 1 aliphatic rings. The van der Waals surface area contributed by atoms with Gasteiger partial charge in [0.2, 0.25) is 0 Å². The number of hydrogen-bond donors (Lipinski definition) is 2. The molecule has 1 saturated carbocycles. The van der Waals surface area contributed by atoms with Crippen molar-refractivity contribution in [2.75, 3.05) is 0 Å². The Morgan fingerprint density at radius 2 is 1.75 bits per heavy atom. The van der Waals surface area contributed by atoms with E-state index in [9.17, 15) is 0 Å². The van der Waals surface area contributed by atoms with Gasteiger partial charge >= 0.3 is 0 Å². The van der Waals surface area contributed by atoms with Crippen molar-refractivity contribution >= 4 is 21.8 Å². The third kappa shape index (κ3) is 2.83. The van der Waals surface area contributed by atoms with Crippen molar-refractivity contribution in [3.63, 3.8) is 0 Å². The van der Waals surface area contributed by atoms with Crippen LogP contribution in [0.15, 0.2) is 42.5 Å². The van der Waals surface area contributed by atoms with Crippen molar-refractivity contribution in [1.29, 1.82) is 0 Å². The summed E-state index contributed by atoms with van der Waals surface area (Å²) in [7, 11) is 0. The van der Waals surface area contributed by atoms with Crippen molar-refractivity contribution in [3.8, 4) is 0 Å². The minimum atomic E-state index is 0.416. The van der Waals surface area contributed by atoms with Crippen LogP contribution in [-0.4, -0.2) is 16.7 Å². The predicted octanol–water partition coefficient (Wildman–Crippen LogP) is 4.17. The standard InChI is InChI=1S/C21H27N3/c1-2-24-20-6-4-3-5-18(20)19-13-15(7-12-21(19)24)14-23-17-10-8-16(22)9-11-17/h3-7,12-13,16-17,23H,2,8-11,14,22H2,1H3. The second-order valence-electron chi connectivity index (χ2n) is 7.11. The zero-order chi connectivity index (χ0) is 16.5. The Bertz CT molecular complexity index is 841. The van der Waals surface area contributed by atoms with Crippen molar-refractivity contribution in [1.82, 2.24) is 9.88 Å². The molecule has 0 spiro atoms. The molecule has 3 nitrogen and oxygen atoms in total. The first-order valence-corrected chi connectivity index (χ1v) is 9.25. The van der Waals surface area contributed by atoms with Gasteiger partial charge in [0.25, 0.3) is 0 Å². The number of nitrogens with one attached hydrogen (secondary N) is 1. The molecule has 1 fully saturated rings. The highest BCUT2D eigenvalue weighted by molar-refractivity contribution is 6.08. The monoisotopic (exact) mass is 321 g/mol. The Hall–Kier alpha value is -1.84. The molecule has 3 aromatic rings. The van der Waals surface area contributed by atoms with Crippen LogP contribution in [0.3, 0.4) is 0 Å². The van der Waals surface area contributed by atoms with E-state index in [1.807, 2.05) is 0 Å². The largest absolute Gasteiger partial charge is 0.341 e. The van der Waals surface area contributed by atoms with Crippen LogP contribution in [0.1, 0.15) is 38.2 Å². The van der Waals surface area contributed by atoms with Crippen LogP contribution >= 0.6 is 0 Å². The molecule has 2 aromatic carbocycles. The van der Waals surface area contributed by atoms with Gasteiger partial charge in [-0.3, -0.25) is 0 Å². The van der Waals surface area contributed by atoms with Crippen LogP contribution in [0.2, 0.25) is 0 Å². The summed E-state index contributed by atoms with van der Waals surface area (Å²) >= 11 is 0. The number of benzene rings is 2. The van der Waals surface area contributed by atoms with Crippen LogP contribution in [0, 0.1) is 0 Å². The minimum Gasteiger partial charge on any atom is -0.341 e. The average molecular weight is 321 g/mol. The summed E-state index contributed by atoms with van der Waals surface area (Å²) in [6.45, 7) is 4.17. The maximum Gasteiger partial charge on any atom is 0.0491 e. The molecular weight excluding hydrogens is 294 g/mol. The third-order valence-electron chi connectivity index (χ3n) is 5.52. The molecule has 3 N–H and O–H groups in total. The fraction of sp³-hybridized carbons (Fsp3) is 0.429. The first-order chi connectivity index (χ1) is 11.8. The Morgan fingerprint density at radius 3 is 2.54 bits per heavy atom. The lowest BCUT2D eigenvalue weighted by Crippen LogP contribution is -2.37. The normalized spacial score (nSPS) is 21.6. The number of aryl methyl sites for hydroxylation is 1. The zero-order valence-electron chi connectivity index (χ0n) is 14.5. The Balaban J connectivity index is 1.60. The quantitative estimate of drug-likeness (QED) is 0.757. The van der Waals surface area contributed by atoms with Crippen LogP contribution in [0.4, 0.5) is 0 Å². The summed E-state index contributed by atoms with van der Waals surface area (Å²) in [6, 6.07) is 16.7. The summed E-state index contributed by atoms with van der Waals surface area (Å²) in [5.41, 5.74) is 10.0. The summed E-state index contributed by atoms with van der Waals surface area (Å²) < 4.78 is 2.41. The molecule has 0 saturated heterocycles. The molecule has 0 bridgehead atoms. The number of hydrogen-bond acceptors (Lipinski definition) is 2. The fourth-order valence-corrected chi connectivity index (χ4v) is 4.14. The molecule has 0 unspecified atom stereocenters. The maximum absolute atomic E-state index is 6.00. The SMILES string of the molecule is CCn1c2ccccc2c2cc(CNC3CCC(N)CC3)ccc21. The summed E-state index contributed by atoms with van der Waals surface area (Å²) in [6.07, 6.45) is 4.72. The first-order valence-electron chi connectivity index (χ1n) is 9.25. The minimum absolute atomic E-state index is 0.416. The summed E-state index contributed by atoms with van der Waals surface area (Å²) in [4.78, 5) is 0. The first kappa shape index (κ1) is 15.7. The molecule has 0 atom stereocenters. The lowest BCUT2D eigenvalue weighted by Gasteiger charge is -2.27. The highest BCUT2D eigenvalue weighted by Gasteiger charge is 2.18. The van der Waals surface area contributed by atoms with E-state index in [1.165, 1.54) is 40.2 Å². The zero-order valence-corrected chi connectivity index (χ0v) is 14.5. The van der Waals surface area contributed by atoms with Gasteiger partial charge in [-0.2, -0.15) is 0 Å². The maximum atomic E-state index is 6.00. The molecule has 0 aliphatic heterocycles. The average Bonchev–Trinajstić information content (AvgIpc) is 2.94. The number of rotatable bonds is 4. The van der Waals surface area contributed by atoms with Gasteiger partial charge in [0, 0.05) is 47.0 Å². The molecule has 24 heavy (non-hydrogen) atoms. The van der Waals surface area contributed by atoms with Gasteiger partial charge in [-0.25, -0.2) is 0 Å².